The van der Waals surface area contributed by atoms with Crippen LogP contribution in [0.1, 0.15) is 30.9 Å². The van der Waals surface area contributed by atoms with Gasteiger partial charge in [0.15, 0.2) is 0 Å². The van der Waals surface area contributed by atoms with Gasteiger partial charge < -0.3 is 15.7 Å². The predicted octanol–water partition coefficient (Wildman–Crippen LogP) is 1.61. The summed E-state index contributed by atoms with van der Waals surface area (Å²) in [5.41, 5.74) is 2.70. The molecule has 0 spiro atoms. The van der Waals surface area contributed by atoms with Crippen molar-refractivity contribution in [3.63, 3.8) is 0 Å². The van der Waals surface area contributed by atoms with Crippen LogP contribution in [0, 0.1) is 13.8 Å². The Kier molecular flexibility index (Phi) is 5.90. The highest BCUT2D eigenvalue weighted by molar-refractivity contribution is 5.94. The third-order valence-electron chi connectivity index (χ3n) is 2.99. The summed E-state index contributed by atoms with van der Waals surface area (Å²) in [4.78, 5) is 33.9. The average molecular weight is 292 g/mol. The van der Waals surface area contributed by atoms with Gasteiger partial charge in [0.1, 0.15) is 6.04 Å². The van der Waals surface area contributed by atoms with Crippen LogP contribution in [-0.2, 0) is 14.4 Å². The van der Waals surface area contributed by atoms with Crippen LogP contribution in [0.5, 0.6) is 0 Å². The molecular weight excluding hydrogens is 272 g/mol. The van der Waals surface area contributed by atoms with E-state index in [0.29, 0.717) is 0 Å². The maximum Gasteiger partial charge on any atom is 0.325 e. The summed E-state index contributed by atoms with van der Waals surface area (Å²) >= 11 is 0. The fourth-order valence-corrected chi connectivity index (χ4v) is 1.69. The molecule has 3 N–H and O–H groups in total. The molecule has 1 aromatic rings. The molecule has 0 aliphatic heterocycles. The van der Waals surface area contributed by atoms with Crippen LogP contribution in [-0.4, -0.2) is 28.9 Å². The predicted molar refractivity (Wildman–Crippen MR) is 79.0 cm³/mol. The van der Waals surface area contributed by atoms with E-state index < -0.39 is 17.9 Å². The van der Waals surface area contributed by atoms with Gasteiger partial charge in [0.25, 0.3) is 0 Å². The summed E-state index contributed by atoms with van der Waals surface area (Å²) in [6.45, 7) is 5.18. The van der Waals surface area contributed by atoms with Gasteiger partial charge in [-0.3, -0.25) is 14.4 Å². The fraction of sp³-hybridized carbons (Fsp3) is 0.400. The number of aryl methyl sites for hydroxylation is 2. The van der Waals surface area contributed by atoms with E-state index in [0.717, 1.165) is 16.8 Å². The third kappa shape index (κ3) is 5.64. The monoisotopic (exact) mass is 292 g/mol. The lowest BCUT2D eigenvalue weighted by molar-refractivity contribution is -0.141. The van der Waals surface area contributed by atoms with Crippen LogP contribution in [0.3, 0.4) is 0 Å². The highest BCUT2D eigenvalue weighted by atomic mass is 16.4. The molecule has 0 aromatic heterocycles. The Morgan fingerprint density at radius 1 is 1.14 bits per heavy atom. The second-order valence-electron chi connectivity index (χ2n) is 4.99. The van der Waals surface area contributed by atoms with Crippen LogP contribution in [0.25, 0.3) is 0 Å². The van der Waals surface area contributed by atoms with E-state index in [9.17, 15) is 14.4 Å². The number of carboxylic acid groups (broad SMARTS) is 1. The molecule has 6 nitrogen and oxygen atoms in total. The number of aliphatic carboxylic acids is 1. The van der Waals surface area contributed by atoms with E-state index in [1.807, 2.05) is 32.0 Å². The molecule has 0 aliphatic carbocycles. The SMILES string of the molecule is Cc1ccc(C)c(NC(=O)CCC(=O)NC(C)C(=O)O)c1. The largest absolute Gasteiger partial charge is 0.480 e. The molecular formula is C15H20N2O4. The maximum atomic E-state index is 11.8. The van der Waals surface area contributed by atoms with Crippen LogP contribution in [0.15, 0.2) is 18.2 Å². The van der Waals surface area contributed by atoms with Gasteiger partial charge in [-0.25, -0.2) is 0 Å². The van der Waals surface area contributed by atoms with Gasteiger partial charge in [-0.05, 0) is 38.0 Å². The number of carboxylic acids is 1. The summed E-state index contributed by atoms with van der Waals surface area (Å²) in [6, 6.07) is 4.76. The first-order valence-electron chi connectivity index (χ1n) is 6.69. The van der Waals surface area contributed by atoms with E-state index in [2.05, 4.69) is 10.6 Å². The molecule has 1 unspecified atom stereocenters. The summed E-state index contributed by atoms with van der Waals surface area (Å²) in [6.07, 6.45) is -0.0418. The summed E-state index contributed by atoms with van der Waals surface area (Å²) in [7, 11) is 0. The van der Waals surface area contributed by atoms with Gasteiger partial charge >= 0.3 is 5.97 Å². The van der Waals surface area contributed by atoms with Crippen LogP contribution >= 0.6 is 0 Å². The lowest BCUT2D eigenvalue weighted by atomic mass is 10.1. The van der Waals surface area contributed by atoms with E-state index in [4.69, 9.17) is 5.11 Å². The minimum atomic E-state index is -1.11. The van der Waals surface area contributed by atoms with Gasteiger partial charge in [0.05, 0.1) is 0 Å². The zero-order chi connectivity index (χ0) is 16.0. The number of hydrogen-bond acceptors (Lipinski definition) is 3. The summed E-state index contributed by atoms with van der Waals surface area (Å²) < 4.78 is 0. The Balaban J connectivity index is 2.46. The lowest BCUT2D eigenvalue weighted by Gasteiger charge is -2.11. The highest BCUT2D eigenvalue weighted by Crippen LogP contribution is 2.16. The molecule has 6 heteroatoms. The standard InChI is InChI=1S/C15H20N2O4/c1-9-4-5-10(2)12(8-9)17-14(19)7-6-13(18)16-11(3)15(20)21/h4-5,8,11H,6-7H2,1-3H3,(H,16,18)(H,17,19)(H,20,21). The molecule has 0 fully saturated rings. The van der Waals surface area contributed by atoms with Crippen molar-refractivity contribution in [3.8, 4) is 0 Å². The van der Waals surface area contributed by atoms with Gasteiger partial charge in [-0.2, -0.15) is 0 Å². The molecule has 2 amide bonds. The molecule has 0 aliphatic rings. The van der Waals surface area contributed by atoms with Crippen molar-refractivity contribution in [3.05, 3.63) is 29.3 Å². The van der Waals surface area contributed by atoms with Crippen molar-refractivity contribution in [2.45, 2.75) is 39.7 Å². The second-order valence-corrected chi connectivity index (χ2v) is 4.99. The molecule has 0 bridgehead atoms. The minimum absolute atomic E-state index is 0.00551. The van der Waals surface area contributed by atoms with Gasteiger partial charge in [0.2, 0.25) is 11.8 Å². The van der Waals surface area contributed by atoms with E-state index in [-0.39, 0.29) is 18.7 Å². The number of amides is 2. The van der Waals surface area contributed by atoms with Crippen molar-refractivity contribution in [1.82, 2.24) is 5.32 Å². The molecule has 0 radical (unpaired) electrons. The van der Waals surface area contributed by atoms with E-state index in [1.165, 1.54) is 6.92 Å². The number of benzene rings is 1. The summed E-state index contributed by atoms with van der Waals surface area (Å²) in [5, 5.41) is 13.7. The average Bonchev–Trinajstić information content (AvgIpc) is 2.40. The quantitative estimate of drug-likeness (QED) is 0.742. The van der Waals surface area contributed by atoms with Gasteiger partial charge in [-0.15, -0.1) is 0 Å². The van der Waals surface area contributed by atoms with E-state index in [1.54, 1.807) is 0 Å². The van der Waals surface area contributed by atoms with Crippen LogP contribution in [0.2, 0.25) is 0 Å². The lowest BCUT2D eigenvalue weighted by Crippen LogP contribution is -2.38. The molecule has 0 heterocycles. The topological polar surface area (TPSA) is 95.5 Å². The zero-order valence-corrected chi connectivity index (χ0v) is 12.4. The number of rotatable bonds is 6. The Morgan fingerprint density at radius 2 is 1.76 bits per heavy atom. The van der Waals surface area contributed by atoms with Crippen molar-refractivity contribution in [1.29, 1.82) is 0 Å². The first kappa shape index (κ1) is 16.7. The Hall–Kier alpha value is -2.37. The van der Waals surface area contributed by atoms with Crippen molar-refractivity contribution >= 4 is 23.5 Å². The molecule has 114 valence electrons. The maximum absolute atomic E-state index is 11.8. The van der Waals surface area contributed by atoms with Gasteiger partial charge in [-0.1, -0.05) is 12.1 Å². The van der Waals surface area contributed by atoms with Crippen LogP contribution < -0.4 is 10.6 Å². The smallest absolute Gasteiger partial charge is 0.325 e. The first-order chi connectivity index (χ1) is 9.79. The van der Waals surface area contributed by atoms with E-state index >= 15 is 0 Å². The van der Waals surface area contributed by atoms with Crippen LogP contribution in [0.4, 0.5) is 5.69 Å². The van der Waals surface area contributed by atoms with Crippen molar-refractivity contribution < 1.29 is 19.5 Å². The molecule has 21 heavy (non-hydrogen) atoms. The van der Waals surface area contributed by atoms with Gasteiger partial charge in [0, 0.05) is 18.5 Å². The molecule has 0 saturated heterocycles. The molecule has 1 rings (SSSR count). The number of carbonyl (C=O) groups excluding carboxylic acids is 2. The normalized spacial score (nSPS) is 11.6. The van der Waals surface area contributed by atoms with Crippen molar-refractivity contribution in [2.75, 3.05) is 5.32 Å². The first-order valence-corrected chi connectivity index (χ1v) is 6.69. The second kappa shape index (κ2) is 7.42. The zero-order valence-electron chi connectivity index (χ0n) is 12.4. The number of carbonyl (C=O) groups is 3. The van der Waals surface area contributed by atoms with Crippen molar-refractivity contribution in [2.24, 2.45) is 0 Å². The molecule has 0 saturated carbocycles. The molecule has 1 atom stereocenters. The number of anilines is 1. The Bertz CT molecular complexity index is 555. The fourth-order valence-electron chi connectivity index (χ4n) is 1.69. The summed E-state index contributed by atoms with van der Waals surface area (Å²) in [5.74, 6) is -1.84. The Labute approximate surface area is 123 Å². The third-order valence-corrected chi connectivity index (χ3v) is 2.99. The minimum Gasteiger partial charge on any atom is -0.480 e. The number of nitrogens with one attached hydrogen (secondary N) is 2. The Morgan fingerprint density at radius 3 is 2.38 bits per heavy atom. The number of hydrogen-bond donors (Lipinski definition) is 3. The highest BCUT2D eigenvalue weighted by Gasteiger charge is 2.15. The molecule has 1 aromatic carbocycles.